The van der Waals surface area contributed by atoms with Crippen LogP contribution in [-0.2, 0) is 4.79 Å². The van der Waals surface area contributed by atoms with Gasteiger partial charge >= 0.3 is 0 Å². The summed E-state index contributed by atoms with van der Waals surface area (Å²) >= 11 is 0. The number of likely N-dealkylation sites (tertiary alicyclic amines) is 1. The highest BCUT2D eigenvalue weighted by Gasteiger charge is 2.41. The third-order valence-corrected chi connectivity index (χ3v) is 5.91. The van der Waals surface area contributed by atoms with Gasteiger partial charge in [-0.25, -0.2) is 4.99 Å². The van der Waals surface area contributed by atoms with Crippen LogP contribution < -0.4 is 5.32 Å². The van der Waals surface area contributed by atoms with E-state index in [-0.39, 0.29) is 42.5 Å². The molecule has 2 aliphatic rings. The summed E-state index contributed by atoms with van der Waals surface area (Å²) in [5.74, 6) is 0.909. The molecule has 1 unspecified atom stereocenters. The number of aliphatic imine (C=N–C) groups is 1. The van der Waals surface area contributed by atoms with Crippen LogP contribution in [0.5, 0.6) is 0 Å². The largest absolute Gasteiger partial charge is 0.350 e. The number of nitrogens with one attached hydrogen (secondary N) is 1. The van der Waals surface area contributed by atoms with Crippen LogP contribution in [0.25, 0.3) is 0 Å². The maximum absolute atomic E-state index is 12.0. The topological polar surface area (TPSA) is 47.9 Å². The van der Waals surface area contributed by atoms with Crippen molar-refractivity contribution in [3.8, 4) is 0 Å². The Labute approximate surface area is 180 Å². The summed E-state index contributed by atoms with van der Waals surface area (Å²) in [6.45, 7) is 4.44. The first-order valence-corrected chi connectivity index (χ1v) is 9.80. The average molecular weight is 484 g/mol. The van der Waals surface area contributed by atoms with Crippen LogP contribution in [0, 0.1) is 5.41 Å². The van der Waals surface area contributed by atoms with Crippen LogP contribution in [0.2, 0.25) is 0 Å². The quantitative estimate of drug-likeness (QED) is 0.403. The lowest BCUT2D eigenvalue weighted by molar-refractivity contribution is -0.127. The van der Waals surface area contributed by atoms with Gasteiger partial charge in [-0.15, -0.1) is 24.0 Å². The van der Waals surface area contributed by atoms with E-state index in [1.54, 1.807) is 19.0 Å². The molecule has 27 heavy (non-hydrogen) atoms. The highest BCUT2D eigenvalue weighted by molar-refractivity contribution is 14.0. The van der Waals surface area contributed by atoms with Crippen LogP contribution in [-0.4, -0.2) is 55.4 Å². The number of likely N-dealkylation sites (N-methyl/N-ethyl adjacent to an activating group) is 1. The molecule has 1 aliphatic heterocycles. The van der Waals surface area contributed by atoms with Crippen LogP contribution in [0.4, 0.5) is 0 Å². The van der Waals surface area contributed by atoms with E-state index in [4.69, 9.17) is 0 Å². The highest BCUT2D eigenvalue weighted by atomic mass is 127. The van der Waals surface area contributed by atoms with Gasteiger partial charge in [0.15, 0.2) is 5.96 Å². The summed E-state index contributed by atoms with van der Waals surface area (Å²) in [6, 6.07) is 10.6. The van der Waals surface area contributed by atoms with Gasteiger partial charge in [0.1, 0.15) is 6.54 Å². The fourth-order valence-electron chi connectivity index (χ4n) is 4.19. The molecule has 1 saturated carbocycles. The second-order valence-electron chi connectivity index (χ2n) is 8.08. The molecular formula is C21H33IN4O. The first-order valence-electron chi connectivity index (χ1n) is 9.80. The Morgan fingerprint density at radius 3 is 2.52 bits per heavy atom. The third kappa shape index (κ3) is 5.59. The molecule has 2 fully saturated rings. The Morgan fingerprint density at radius 1 is 1.22 bits per heavy atom. The lowest BCUT2D eigenvalue weighted by atomic mass is 9.86. The van der Waals surface area contributed by atoms with Crippen molar-refractivity contribution in [2.75, 3.05) is 33.7 Å². The summed E-state index contributed by atoms with van der Waals surface area (Å²) in [5, 5.41) is 3.58. The molecule has 1 aromatic carbocycles. The second kappa shape index (κ2) is 9.75. The predicted molar refractivity (Wildman–Crippen MR) is 121 cm³/mol. The van der Waals surface area contributed by atoms with E-state index in [9.17, 15) is 4.79 Å². The maximum atomic E-state index is 12.0. The van der Waals surface area contributed by atoms with E-state index >= 15 is 0 Å². The van der Waals surface area contributed by atoms with Gasteiger partial charge in [-0.3, -0.25) is 4.79 Å². The fraction of sp³-hybridized carbons (Fsp3) is 0.619. The standard InChI is InChI=1S/C21H32N4O.HI/c1-17(18-9-5-4-6-10-18)23-20(22-15-19(26)24(2)3)25-14-13-21(16-25)11-7-8-12-21;/h4-6,9-10,17H,7-8,11-16H2,1-3H3,(H,22,23);1H. The summed E-state index contributed by atoms with van der Waals surface area (Å²) < 4.78 is 0. The van der Waals surface area contributed by atoms with Gasteiger partial charge < -0.3 is 15.1 Å². The summed E-state index contributed by atoms with van der Waals surface area (Å²) in [5.41, 5.74) is 1.71. The minimum atomic E-state index is 0. The van der Waals surface area contributed by atoms with Crippen LogP contribution in [0.3, 0.4) is 0 Å². The van der Waals surface area contributed by atoms with E-state index in [1.165, 1.54) is 37.7 Å². The van der Waals surface area contributed by atoms with Crippen molar-refractivity contribution in [2.24, 2.45) is 10.4 Å². The number of nitrogens with zero attached hydrogens (tertiary/aromatic N) is 3. The van der Waals surface area contributed by atoms with Crippen LogP contribution in [0.1, 0.15) is 50.6 Å². The first-order chi connectivity index (χ1) is 12.5. The number of carbonyl (C=O) groups excluding carboxylic acids is 1. The molecule has 1 heterocycles. The van der Waals surface area contributed by atoms with Gasteiger partial charge in [-0.05, 0) is 37.2 Å². The number of hydrogen-bond acceptors (Lipinski definition) is 2. The van der Waals surface area contributed by atoms with Crippen LogP contribution >= 0.6 is 24.0 Å². The molecule has 0 radical (unpaired) electrons. The third-order valence-electron chi connectivity index (χ3n) is 5.91. The lowest BCUT2D eigenvalue weighted by Gasteiger charge is -2.28. The van der Waals surface area contributed by atoms with E-state index < -0.39 is 0 Å². The number of amides is 1. The smallest absolute Gasteiger partial charge is 0.243 e. The van der Waals surface area contributed by atoms with Gasteiger partial charge in [0.2, 0.25) is 5.91 Å². The van der Waals surface area contributed by atoms with Gasteiger partial charge in [0.05, 0.1) is 6.04 Å². The van der Waals surface area contributed by atoms with Gasteiger partial charge in [0.25, 0.3) is 0 Å². The van der Waals surface area contributed by atoms with Crippen molar-refractivity contribution in [3.05, 3.63) is 35.9 Å². The van der Waals surface area contributed by atoms with Gasteiger partial charge in [0, 0.05) is 27.2 Å². The Hall–Kier alpha value is -1.31. The molecule has 1 spiro atoms. The Bertz CT molecular complexity index is 641. The highest BCUT2D eigenvalue weighted by Crippen LogP contribution is 2.45. The summed E-state index contributed by atoms with van der Waals surface area (Å²) in [7, 11) is 3.56. The number of guanidine groups is 1. The molecule has 1 aliphatic carbocycles. The SMILES string of the molecule is CC(NC(=NCC(=O)N(C)C)N1CCC2(CCCC2)C1)c1ccccc1.I. The van der Waals surface area contributed by atoms with Crippen molar-refractivity contribution < 1.29 is 4.79 Å². The molecule has 1 aromatic rings. The molecule has 5 nitrogen and oxygen atoms in total. The summed E-state index contributed by atoms with van der Waals surface area (Å²) in [6.07, 6.45) is 6.62. The molecular weight excluding hydrogens is 451 g/mol. The van der Waals surface area contributed by atoms with Crippen molar-refractivity contribution in [1.29, 1.82) is 0 Å². The molecule has 1 N–H and O–H groups in total. The van der Waals surface area contributed by atoms with E-state index in [2.05, 4.69) is 46.4 Å². The zero-order valence-corrected chi connectivity index (χ0v) is 19.1. The molecule has 1 saturated heterocycles. The molecule has 150 valence electrons. The fourth-order valence-corrected chi connectivity index (χ4v) is 4.19. The van der Waals surface area contributed by atoms with Crippen molar-refractivity contribution in [1.82, 2.24) is 15.1 Å². The maximum Gasteiger partial charge on any atom is 0.243 e. The Kier molecular flexibility index (Phi) is 7.94. The monoisotopic (exact) mass is 484 g/mol. The van der Waals surface area contributed by atoms with Crippen molar-refractivity contribution in [2.45, 2.75) is 45.1 Å². The molecule has 0 aromatic heterocycles. The van der Waals surface area contributed by atoms with Crippen molar-refractivity contribution >= 4 is 35.8 Å². The zero-order valence-electron chi connectivity index (χ0n) is 16.8. The number of carbonyl (C=O) groups is 1. The van der Waals surface area contributed by atoms with Crippen LogP contribution in [0.15, 0.2) is 35.3 Å². The Balaban J connectivity index is 0.00000261. The lowest BCUT2D eigenvalue weighted by Crippen LogP contribution is -2.43. The van der Waals surface area contributed by atoms with E-state index in [0.717, 1.165) is 19.0 Å². The Morgan fingerprint density at radius 2 is 1.89 bits per heavy atom. The number of hydrogen-bond donors (Lipinski definition) is 1. The molecule has 1 atom stereocenters. The number of benzene rings is 1. The average Bonchev–Trinajstić information content (AvgIpc) is 3.29. The van der Waals surface area contributed by atoms with E-state index in [1.807, 2.05) is 6.07 Å². The molecule has 6 heteroatoms. The van der Waals surface area contributed by atoms with Gasteiger partial charge in [-0.1, -0.05) is 43.2 Å². The normalized spacial score (nSPS) is 19.7. The number of rotatable bonds is 4. The minimum absolute atomic E-state index is 0. The minimum Gasteiger partial charge on any atom is -0.350 e. The summed E-state index contributed by atoms with van der Waals surface area (Å²) in [4.78, 5) is 20.7. The first kappa shape index (κ1) is 22.0. The predicted octanol–water partition coefficient (Wildman–Crippen LogP) is 3.67. The van der Waals surface area contributed by atoms with Crippen molar-refractivity contribution in [3.63, 3.8) is 0 Å². The van der Waals surface area contributed by atoms with E-state index in [0.29, 0.717) is 5.41 Å². The zero-order chi connectivity index (χ0) is 18.6. The molecule has 0 bridgehead atoms. The molecule has 3 rings (SSSR count). The number of halogens is 1. The molecule has 1 amide bonds. The van der Waals surface area contributed by atoms with Gasteiger partial charge in [-0.2, -0.15) is 0 Å². The second-order valence-corrected chi connectivity index (χ2v) is 8.08.